The summed E-state index contributed by atoms with van der Waals surface area (Å²) in [6, 6.07) is 12.9. The molecule has 2 aromatic rings. The van der Waals surface area contributed by atoms with Crippen LogP contribution in [0.3, 0.4) is 0 Å². The van der Waals surface area contributed by atoms with Crippen LogP contribution in [0.2, 0.25) is 0 Å². The Morgan fingerprint density at radius 1 is 1.12 bits per heavy atom. The fraction of sp³-hybridized carbons (Fsp3) is 0.158. The maximum Gasteiger partial charge on any atom is 0.269 e. The summed E-state index contributed by atoms with van der Waals surface area (Å²) in [5, 5.41) is 16.2. The molecule has 132 valence electrons. The van der Waals surface area contributed by atoms with Crippen molar-refractivity contribution in [2.45, 2.75) is 18.9 Å². The molecule has 0 aliphatic heterocycles. The van der Waals surface area contributed by atoms with Crippen LogP contribution in [0.4, 0.5) is 11.4 Å². The van der Waals surface area contributed by atoms with Gasteiger partial charge in [-0.05, 0) is 54.8 Å². The molecule has 1 aliphatic rings. The molecule has 0 unspecified atom stereocenters. The number of anilines is 1. The third-order valence-electron chi connectivity index (χ3n) is 3.84. The summed E-state index contributed by atoms with van der Waals surface area (Å²) in [6.45, 7) is 0. The maximum absolute atomic E-state index is 12.0. The number of nitro groups is 1. The van der Waals surface area contributed by atoms with E-state index in [-0.39, 0.29) is 23.5 Å². The lowest BCUT2D eigenvalue weighted by Gasteiger charge is -2.06. The number of hydrogen-bond acceptors (Lipinski definition) is 4. The third-order valence-corrected chi connectivity index (χ3v) is 3.84. The summed E-state index contributed by atoms with van der Waals surface area (Å²) in [7, 11) is 0. The topological polar surface area (TPSA) is 101 Å². The zero-order valence-corrected chi connectivity index (χ0v) is 13.8. The van der Waals surface area contributed by atoms with Gasteiger partial charge in [0.05, 0.1) is 4.92 Å². The number of nitro benzene ring substituents is 1. The SMILES string of the molecule is O=C(/C=C/c1ccc([N+](=O)[O-])cc1)Nc1cccc(C(=O)NC2CC2)c1. The van der Waals surface area contributed by atoms with Gasteiger partial charge in [0.25, 0.3) is 11.6 Å². The number of carbonyl (C=O) groups is 2. The summed E-state index contributed by atoms with van der Waals surface area (Å²) in [5.41, 5.74) is 1.68. The number of benzene rings is 2. The summed E-state index contributed by atoms with van der Waals surface area (Å²) >= 11 is 0. The van der Waals surface area contributed by atoms with Crippen LogP contribution in [0.25, 0.3) is 6.08 Å². The molecule has 1 fully saturated rings. The van der Waals surface area contributed by atoms with E-state index in [1.54, 1.807) is 42.5 Å². The summed E-state index contributed by atoms with van der Waals surface area (Å²) in [6.07, 6.45) is 4.91. The largest absolute Gasteiger partial charge is 0.349 e. The molecule has 0 radical (unpaired) electrons. The smallest absolute Gasteiger partial charge is 0.269 e. The van der Waals surface area contributed by atoms with Crippen LogP contribution in [0.5, 0.6) is 0 Å². The first-order valence-electron chi connectivity index (χ1n) is 8.16. The lowest BCUT2D eigenvalue weighted by atomic mass is 10.1. The number of nitrogens with zero attached hydrogens (tertiary/aromatic N) is 1. The van der Waals surface area contributed by atoms with E-state index in [2.05, 4.69) is 10.6 Å². The highest BCUT2D eigenvalue weighted by Gasteiger charge is 2.23. The first-order chi connectivity index (χ1) is 12.5. The van der Waals surface area contributed by atoms with E-state index in [1.807, 2.05) is 0 Å². The molecule has 1 aliphatic carbocycles. The van der Waals surface area contributed by atoms with Gasteiger partial charge in [-0.2, -0.15) is 0 Å². The Morgan fingerprint density at radius 3 is 2.50 bits per heavy atom. The fourth-order valence-electron chi connectivity index (χ4n) is 2.30. The molecule has 0 heterocycles. The van der Waals surface area contributed by atoms with Gasteiger partial charge in [0.2, 0.25) is 5.91 Å². The second-order valence-corrected chi connectivity index (χ2v) is 6.00. The van der Waals surface area contributed by atoms with E-state index in [4.69, 9.17) is 0 Å². The van der Waals surface area contributed by atoms with Gasteiger partial charge in [-0.1, -0.05) is 6.07 Å². The van der Waals surface area contributed by atoms with Crippen molar-refractivity contribution < 1.29 is 14.5 Å². The van der Waals surface area contributed by atoms with E-state index in [0.29, 0.717) is 16.8 Å². The zero-order chi connectivity index (χ0) is 18.5. The molecule has 0 spiro atoms. The third kappa shape index (κ3) is 4.76. The van der Waals surface area contributed by atoms with E-state index >= 15 is 0 Å². The van der Waals surface area contributed by atoms with Crippen molar-refractivity contribution in [3.8, 4) is 0 Å². The maximum atomic E-state index is 12.0. The van der Waals surface area contributed by atoms with Crippen LogP contribution in [-0.4, -0.2) is 22.8 Å². The van der Waals surface area contributed by atoms with Crippen molar-refractivity contribution >= 4 is 29.3 Å². The Bertz CT molecular complexity index is 871. The van der Waals surface area contributed by atoms with Crippen molar-refractivity contribution in [2.24, 2.45) is 0 Å². The Hall–Kier alpha value is -3.48. The minimum Gasteiger partial charge on any atom is -0.349 e. The molecule has 3 rings (SSSR count). The standard InChI is InChI=1S/C19H17N3O4/c23-18(11-6-13-4-9-17(10-5-13)22(25)26)20-16-3-1-2-14(12-16)19(24)21-15-7-8-15/h1-6,9-12,15H,7-8H2,(H,20,23)(H,21,24)/b11-6+. The van der Waals surface area contributed by atoms with Crippen LogP contribution < -0.4 is 10.6 Å². The number of non-ortho nitro benzene ring substituents is 1. The average Bonchev–Trinajstić information content (AvgIpc) is 3.44. The van der Waals surface area contributed by atoms with Gasteiger partial charge in [-0.15, -0.1) is 0 Å². The Labute approximate surface area is 149 Å². The molecule has 2 amide bonds. The van der Waals surface area contributed by atoms with Crippen molar-refractivity contribution in [1.29, 1.82) is 0 Å². The highest BCUT2D eigenvalue weighted by atomic mass is 16.6. The van der Waals surface area contributed by atoms with Gasteiger partial charge in [0, 0.05) is 35.5 Å². The van der Waals surface area contributed by atoms with Gasteiger partial charge < -0.3 is 10.6 Å². The molecule has 0 atom stereocenters. The van der Waals surface area contributed by atoms with E-state index in [1.165, 1.54) is 18.2 Å². The Balaban J connectivity index is 1.60. The highest BCUT2D eigenvalue weighted by molar-refractivity contribution is 6.03. The minimum atomic E-state index is -0.480. The molecular formula is C19H17N3O4. The molecule has 2 N–H and O–H groups in total. The summed E-state index contributed by atoms with van der Waals surface area (Å²) in [5.74, 6) is -0.506. The number of nitrogens with one attached hydrogen (secondary N) is 2. The molecule has 7 heteroatoms. The van der Waals surface area contributed by atoms with Crippen LogP contribution in [-0.2, 0) is 4.79 Å². The second kappa shape index (κ2) is 7.60. The molecule has 0 bridgehead atoms. The molecular weight excluding hydrogens is 334 g/mol. The second-order valence-electron chi connectivity index (χ2n) is 6.00. The van der Waals surface area contributed by atoms with E-state index in [9.17, 15) is 19.7 Å². The summed E-state index contributed by atoms with van der Waals surface area (Å²) < 4.78 is 0. The zero-order valence-electron chi connectivity index (χ0n) is 13.8. The van der Waals surface area contributed by atoms with Gasteiger partial charge in [0.15, 0.2) is 0 Å². The van der Waals surface area contributed by atoms with Gasteiger partial charge in [0.1, 0.15) is 0 Å². The van der Waals surface area contributed by atoms with Crippen LogP contribution in [0, 0.1) is 10.1 Å². The van der Waals surface area contributed by atoms with Gasteiger partial charge in [-0.3, -0.25) is 19.7 Å². The predicted molar refractivity (Wildman–Crippen MR) is 97.7 cm³/mol. The minimum absolute atomic E-state index is 0.00658. The molecule has 1 saturated carbocycles. The lowest BCUT2D eigenvalue weighted by Crippen LogP contribution is -2.25. The molecule has 7 nitrogen and oxygen atoms in total. The quantitative estimate of drug-likeness (QED) is 0.474. The van der Waals surface area contributed by atoms with Crippen molar-refractivity contribution in [3.05, 3.63) is 75.8 Å². The number of hydrogen-bond donors (Lipinski definition) is 2. The van der Waals surface area contributed by atoms with Gasteiger partial charge >= 0.3 is 0 Å². The molecule has 0 saturated heterocycles. The first-order valence-corrected chi connectivity index (χ1v) is 8.16. The van der Waals surface area contributed by atoms with Crippen LogP contribution >= 0.6 is 0 Å². The average molecular weight is 351 g/mol. The fourth-order valence-corrected chi connectivity index (χ4v) is 2.30. The van der Waals surface area contributed by atoms with Crippen molar-refractivity contribution in [2.75, 3.05) is 5.32 Å². The molecule has 26 heavy (non-hydrogen) atoms. The van der Waals surface area contributed by atoms with Crippen molar-refractivity contribution in [1.82, 2.24) is 5.32 Å². The monoisotopic (exact) mass is 351 g/mol. The number of rotatable bonds is 6. The Kier molecular flexibility index (Phi) is 5.07. The van der Waals surface area contributed by atoms with Crippen molar-refractivity contribution in [3.63, 3.8) is 0 Å². The lowest BCUT2D eigenvalue weighted by molar-refractivity contribution is -0.384. The van der Waals surface area contributed by atoms with Crippen LogP contribution in [0.1, 0.15) is 28.8 Å². The predicted octanol–water partition coefficient (Wildman–Crippen LogP) is 3.14. The number of carbonyl (C=O) groups excluding carboxylic acids is 2. The van der Waals surface area contributed by atoms with Crippen LogP contribution in [0.15, 0.2) is 54.6 Å². The van der Waals surface area contributed by atoms with Gasteiger partial charge in [-0.25, -0.2) is 0 Å². The summed E-state index contributed by atoms with van der Waals surface area (Å²) in [4.78, 5) is 34.2. The molecule has 2 aromatic carbocycles. The van der Waals surface area contributed by atoms with E-state index in [0.717, 1.165) is 12.8 Å². The molecule has 0 aromatic heterocycles. The Morgan fingerprint density at radius 2 is 1.85 bits per heavy atom. The normalized spacial score (nSPS) is 13.4. The van der Waals surface area contributed by atoms with E-state index < -0.39 is 4.92 Å². The highest BCUT2D eigenvalue weighted by Crippen LogP contribution is 2.20. The number of amides is 2. The first kappa shape index (κ1) is 17.3.